The minimum atomic E-state index is -3.53. The molecule has 1 aliphatic heterocycles. The van der Waals surface area contributed by atoms with Crippen LogP contribution in [0.25, 0.3) is 0 Å². The predicted molar refractivity (Wildman–Crippen MR) is 94.9 cm³/mol. The van der Waals surface area contributed by atoms with E-state index in [9.17, 15) is 18.5 Å². The molecule has 2 aromatic rings. The number of nitro groups is 1. The van der Waals surface area contributed by atoms with Gasteiger partial charge in [-0.05, 0) is 19.1 Å². The first-order valence-corrected chi connectivity index (χ1v) is 9.86. The summed E-state index contributed by atoms with van der Waals surface area (Å²) in [5, 5.41) is 15.7. The van der Waals surface area contributed by atoms with Crippen molar-refractivity contribution in [2.24, 2.45) is 7.05 Å². The number of ether oxygens (including phenoxy) is 1. The van der Waals surface area contributed by atoms with Crippen molar-refractivity contribution in [3.8, 4) is 0 Å². The summed E-state index contributed by atoms with van der Waals surface area (Å²) in [6.07, 6.45) is 4.59. The van der Waals surface area contributed by atoms with Gasteiger partial charge < -0.3 is 9.64 Å². The van der Waals surface area contributed by atoms with E-state index in [4.69, 9.17) is 4.74 Å². The zero-order valence-corrected chi connectivity index (χ0v) is 15.6. The summed E-state index contributed by atoms with van der Waals surface area (Å²) in [4.78, 5) is 12.7. The molecule has 9 nitrogen and oxygen atoms in total. The van der Waals surface area contributed by atoms with Crippen molar-refractivity contribution >= 4 is 21.2 Å². The molecule has 0 amide bonds. The lowest BCUT2D eigenvalue weighted by Crippen LogP contribution is -2.48. The Morgan fingerprint density at radius 2 is 2.12 bits per heavy atom. The van der Waals surface area contributed by atoms with E-state index in [0.717, 1.165) is 17.9 Å². The van der Waals surface area contributed by atoms with Gasteiger partial charge in [0.15, 0.2) is 9.84 Å². The van der Waals surface area contributed by atoms with Gasteiger partial charge in [-0.15, -0.1) is 0 Å². The smallest absolute Gasteiger partial charge is 0.293 e. The van der Waals surface area contributed by atoms with E-state index in [2.05, 4.69) is 5.10 Å². The first-order valence-electron chi connectivity index (χ1n) is 7.97. The highest BCUT2D eigenvalue weighted by molar-refractivity contribution is 7.90. The number of rotatable bonds is 4. The molecule has 0 N–H and O–H groups in total. The molecule has 1 saturated heterocycles. The SMILES string of the molecule is Cn1cc(C2(C)CN(c3ccc(S(C)(=O)=O)cc3[N+](=O)[O-])CCO2)cn1. The van der Waals surface area contributed by atoms with Gasteiger partial charge in [-0.2, -0.15) is 5.10 Å². The van der Waals surface area contributed by atoms with E-state index in [1.54, 1.807) is 10.9 Å². The topological polar surface area (TPSA) is 108 Å². The van der Waals surface area contributed by atoms with Gasteiger partial charge in [0.2, 0.25) is 0 Å². The standard InChI is InChI=1S/C16H20N4O5S/c1-16(12-9-17-18(2)10-12)11-19(6-7-25-16)14-5-4-13(26(3,23)24)8-15(14)20(21)22/h4-5,8-10H,6-7,11H2,1-3H3. The van der Waals surface area contributed by atoms with Crippen LogP contribution in [0.3, 0.4) is 0 Å². The van der Waals surface area contributed by atoms with Crippen LogP contribution in [0.2, 0.25) is 0 Å². The van der Waals surface area contributed by atoms with Crippen LogP contribution >= 0.6 is 0 Å². The number of nitro benzene ring substituents is 1. The first-order chi connectivity index (χ1) is 12.1. The monoisotopic (exact) mass is 380 g/mol. The van der Waals surface area contributed by atoms with Gasteiger partial charge in [0.25, 0.3) is 5.69 Å². The molecule has 3 rings (SSSR count). The number of aryl methyl sites for hydroxylation is 1. The Kier molecular flexibility index (Phi) is 4.49. The molecule has 26 heavy (non-hydrogen) atoms. The fourth-order valence-electron chi connectivity index (χ4n) is 3.09. The highest BCUT2D eigenvalue weighted by Crippen LogP contribution is 2.36. The average Bonchev–Trinajstić information content (AvgIpc) is 3.01. The third kappa shape index (κ3) is 3.42. The molecule has 1 fully saturated rings. The Morgan fingerprint density at radius 3 is 2.69 bits per heavy atom. The van der Waals surface area contributed by atoms with Gasteiger partial charge in [0, 0.05) is 37.7 Å². The molecular weight excluding hydrogens is 360 g/mol. The van der Waals surface area contributed by atoms with Crippen molar-refractivity contribution in [1.29, 1.82) is 0 Å². The first kappa shape index (κ1) is 18.3. The maximum atomic E-state index is 11.7. The van der Waals surface area contributed by atoms with Gasteiger partial charge in [-0.25, -0.2) is 8.42 Å². The molecule has 10 heteroatoms. The van der Waals surface area contributed by atoms with Crippen LogP contribution in [-0.2, 0) is 27.2 Å². The molecule has 1 aliphatic rings. The molecule has 1 aromatic carbocycles. The maximum Gasteiger partial charge on any atom is 0.293 e. The average molecular weight is 380 g/mol. The molecule has 2 heterocycles. The van der Waals surface area contributed by atoms with Crippen molar-refractivity contribution in [2.75, 3.05) is 30.9 Å². The predicted octanol–water partition coefficient (Wildman–Crippen LogP) is 1.48. The number of hydrogen-bond acceptors (Lipinski definition) is 7. The summed E-state index contributed by atoms with van der Waals surface area (Å²) < 4.78 is 31.0. The fraction of sp³-hybridized carbons (Fsp3) is 0.438. The van der Waals surface area contributed by atoms with E-state index < -0.39 is 20.4 Å². The highest BCUT2D eigenvalue weighted by atomic mass is 32.2. The number of anilines is 1. The Hall–Kier alpha value is -2.46. The van der Waals surface area contributed by atoms with Crippen molar-refractivity contribution in [1.82, 2.24) is 9.78 Å². The second kappa shape index (κ2) is 6.36. The number of sulfone groups is 1. The highest BCUT2D eigenvalue weighted by Gasteiger charge is 2.37. The summed E-state index contributed by atoms with van der Waals surface area (Å²) >= 11 is 0. The third-order valence-electron chi connectivity index (χ3n) is 4.50. The summed E-state index contributed by atoms with van der Waals surface area (Å²) in [6, 6.07) is 4.00. The number of aromatic nitrogens is 2. The Bertz CT molecular complexity index is 955. The number of morpholine rings is 1. The summed E-state index contributed by atoms with van der Waals surface area (Å²) in [7, 11) is -1.72. The second-order valence-corrected chi connectivity index (χ2v) is 8.60. The lowest BCUT2D eigenvalue weighted by atomic mass is 9.96. The minimum Gasteiger partial charge on any atom is -0.367 e. The Morgan fingerprint density at radius 1 is 1.38 bits per heavy atom. The molecule has 1 aromatic heterocycles. The fourth-order valence-corrected chi connectivity index (χ4v) is 3.73. The quantitative estimate of drug-likeness (QED) is 0.584. The van der Waals surface area contributed by atoms with E-state index in [0.29, 0.717) is 25.4 Å². The van der Waals surface area contributed by atoms with Crippen LogP contribution in [-0.4, -0.2) is 49.1 Å². The van der Waals surface area contributed by atoms with Crippen LogP contribution in [0, 0.1) is 10.1 Å². The van der Waals surface area contributed by atoms with E-state index in [1.807, 2.05) is 25.1 Å². The Labute approximate surface area is 151 Å². The number of hydrogen-bond donors (Lipinski definition) is 0. The van der Waals surface area contributed by atoms with Crippen LogP contribution < -0.4 is 4.90 Å². The molecule has 0 bridgehead atoms. The lowest BCUT2D eigenvalue weighted by molar-refractivity contribution is -0.384. The molecule has 0 aliphatic carbocycles. The van der Waals surface area contributed by atoms with Gasteiger partial charge in [0.05, 0.1) is 29.2 Å². The summed E-state index contributed by atoms with van der Waals surface area (Å²) in [6.45, 7) is 3.15. The van der Waals surface area contributed by atoms with Crippen molar-refractivity contribution < 1.29 is 18.1 Å². The zero-order valence-electron chi connectivity index (χ0n) is 14.7. The van der Waals surface area contributed by atoms with Crippen molar-refractivity contribution in [3.05, 3.63) is 46.3 Å². The normalized spacial score (nSPS) is 21.0. The molecule has 0 radical (unpaired) electrons. The van der Waals surface area contributed by atoms with Crippen LogP contribution in [0.4, 0.5) is 11.4 Å². The number of nitrogens with zero attached hydrogens (tertiary/aromatic N) is 4. The van der Waals surface area contributed by atoms with E-state index in [1.165, 1.54) is 12.1 Å². The Balaban J connectivity index is 1.99. The molecule has 0 saturated carbocycles. The van der Waals surface area contributed by atoms with Crippen molar-refractivity contribution in [2.45, 2.75) is 17.4 Å². The van der Waals surface area contributed by atoms with E-state index in [-0.39, 0.29) is 10.6 Å². The third-order valence-corrected chi connectivity index (χ3v) is 5.61. The molecular formula is C16H20N4O5S. The summed E-state index contributed by atoms with van der Waals surface area (Å²) in [5.41, 5.74) is 0.347. The second-order valence-electron chi connectivity index (χ2n) is 6.58. The van der Waals surface area contributed by atoms with Gasteiger partial charge in [0.1, 0.15) is 11.3 Å². The maximum absolute atomic E-state index is 11.7. The van der Waals surface area contributed by atoms with Crippen LogP contribution in [0.15, 0.2) is 35.5 Å². The van der Waals surface area contributed by atoms with Crippen LogP contribution in [0.5, 0.6) is 0 Å². The minimum absolute atomic E-state index is 0.0729. The van der Waals surface area contributed by atoms with Crippen LogP contribution in [0.1, 0.15) is 12.5 Å². The van der Waals surface area contributed by atoms with E-state index >= 15 is 0 Å². The molecule has 140 valence electrons. The molecule has 1 atom stereocenters. The van der Waals surface area contributed by atoms with Gasteiger partial charge >= 0.3 is 0 Å². The molecule has 0 spiro atoms. The number of benzene rings is 1. The molecule has 1 unspecified atom stereocenters. The zero-order chi connectivity index (χ0) is 19.1. The van der Waals surface area contributed by atoms with Gasteiger partial charge in [-0.1, -0.05) is 0 Å². The largest absolute Gasteiger partial charge is 0.367 e. The summed E-state index contributed by atoms with van der Waals surface area (Å²) in [5.74, 6) is 0. The lowest BCUT2D eigenvalue weighted by Gasteiger charge is -2.41. The van der Waals surface area contributed by atoms with Gasteiger partial charge in [-0.3, -0.25) is 14.8 Å². The van der Waals surface area contributed by atoms with Crippen molar-refractivity contribution in [3.63, 3.8) is 0 Å².